The van der Waals surface area contributed by atoms with Gasteiger partial charge < -0.3 is 18.8 Å². The van der Waals surface area contributed by atoms with Gasteiger partial charge in [0.05, 0.1) is 35.8 Å². The van der Waals surface area contributed by atoms with Crippen LogP contribution in [-0.4, -0.2) is 75.9 Å². The van der Waals surface area contributed by atoms with Crippen molar-refractivity contribution in [1.82, 2.24) is 29.5 Å². The van der Waals surface area contributed by atoms with Gasteiger partial charge in [-0.25, -0.2) is 18.2 Å². The fraction of sp³-hybridized carbons (Fsp3) is 0.333. The second-order valence-electron chi connectivity index (χ2n) is 12.3. The van der Waals surface area contributed by atoms with Crippen LogP contribution in [0.2, 0.25) is 0 Å². The highest BCUT2D eigenvalue weighted by Crippen LogP contribution is 2.47. The van der Waals surface area contributed by atoms with E-state index in [1.807, 2.05) is 20.0 Å². The van der Waals surface area contributed by atoms with Gasteiger partial charge in [0.15, 0.2) is 11.4 Å². The molecule has 5 aromatic rings. The van der Waals surface area contributed by atoms with Crippen LogP contribution in [0.3, 0.4) is 0 Å². The van der Waals surface area contributed by atoms with Gasteiger partial charge in [0.25, 0.3) is 0 Å². The molecule has 0 radical (unpaired) electrons. The monoisotopic (exact) mass is 672 g/mol. The molecule has 10 nitrogen and oxygen atoms in total. The van der Waals surface area contributed by atoms with E-state index in [4.69, 9.17) is 29.0 Å². The van der Waals surface area contributed by atoms with Gasteiger partial charge in [0.2, 0.25) is 5.91 Å². The first-order chi connectivity index (χ1) is 23.6. The van der Waals surface area contributed by atoms with Crippen LogP contribution in [0.1, 0.15) is 42.9 Å². The van der Waals surface area contributed by atoms with Crippen molar-refractivity contribution < 1.29 is 31.9 Å². The van der Waals surface area contributed by atoms with Crippen molar-refractivity contribution >= 4 is 16.9 Å². The maximum Gasteiger partial charge on any atom is 0.246 e. The molecule has 2 aliphatic heterocycles. The Bertz CT molecular complexity index is 2110. The summed E-state index contributed by atoms with van der Waals surface area (Å²) in [5.41, 5.74) is 3.76. The number of amides is 1. The molecule has 1 aromatic carbocycles. The van der Waals surface area contributed by atoms with Gasteiger partial charge in [-0.15, -0.1) is 0 Å². The fourth-order valence-corrected chi connectivity index (χ4v) is 6.81. The maximum absolute atomic E-state index is 16.1. The predicted octanol–water partition coefficient (Wildman–Crippen LogP) is 6.50. The van der Waals surface area contributed by atoms with E-state index in [0.717, 1.165) is 36.6 Å². The van der Waals surface area contributed by atoms with E-state index >= 15 is 8.78 Å². The Balaban J connectivity index is 1.52. The van der Waals surface area contributed by atoms with Gasteiger partial charge >= 0.3 is 0 Å². The van der Waals surface area contributed by atoms with Crippen molar-refractivity contribution in [3.63, 3.8) is 0 Å². The second-order valence-corrected chi connectivity index (χ2v) is 12.3. The van der Waals surface area contributed by atoms with Gasteiger partial charge in [0.1, 0.15) is 47.3 Å². The summed E-state index contributed by atoms with van der Waals surface area (Å²) in [5.74, 6) is -3.03. The number of hydrogen-bond donors (Lipinski definition) is 0. The minimum Gasteiger partial charge on any atom is -0.490 e. The molecule has 254 valence electrons. The minimum absolute atomic E-state index is 0.0175. The lowest BCUT2D eigenvalue weighted by Crippen LogP contribution is -2.40. The number of pyridine rings is 2. The summed E-state index contributed by atoms with van der Waals surface area (Å²) in [5, 5.41) is 4.76. The number of likely N-dealkylation sites (N-methyl/N-ethyl adjacent to an activating group) is 1. The molecule has 0 fully saturated rings. The van der Waals surface area contributed by atoms with Crippen LogP contribution in [0.5, 0.6) is 5.75 Å². The first-order valence-corrected chi connectivity index (χ1v) is 16.0. The molecule has 1 amide bonds. The predicted molar refractivity (Wildman–Crippen MR) is 176 cm³/mol. The highest BCUT2D eigenvalue weighted by molar-refractivity contribution is 6.07. The van der Waals surface area contributed by atoms with Crippen molar-refractivity contribution in [1.29, 1.82) is 0 Å². The number of fused-ring (bicyclic) bond motifs is 3. The number of carbonyl (C=O) groups excluding carboxylic acids is 1. The van der Waals surface area contributed by atoms with Crippen LogP contribution in [0, 0.1) is 17.5 Å². The number of hydrogen-bond acceptors (Lipinski definition) is 8. The summed E-state index contributed by atoms with van der Waals surface area (Å²) >= 11 is 0. The highest BCUT2D eigenvalue weighted by atomic mass is 19.1. The summed E-state index contributed by atoms with van der Waals surface area (Å²) in [6, 6.07) is 5.18. The zero-order valence-electron chi connectivity index (χ0n) is 27.6. The molecule has 13 heteroatoms. The van der Waals surface area contributed by atoms with Crippen molar-refractivity contribution in [3.8, 4) is 39.5 Å². The lowest BCUT2D eigenvalue weighted by Gasteiger charge is -2.33. The van der Waals surface area contributed by atoms with E-state index in [9.17, 15) is 9.18 Å². The average molecular weight is 673 g/mol. The molecular weight excluding hydrogens is 637 g/mol. The van der Waals surface area contributed by atoms with Crippen LogP contribution in [0.25, 0.3) is 44.7 Å². The van der Waals surface area contributed by atoms with Crippen molar-refractivity contribution in [2.75, 3.05) is 40.5 Å². The first kappa shape index (κ1) is 32.5. The Labute approximate surface area is 280 Å². The molecule has 0 spiro atoms. The molecule has 7 rings (SSSR count). The molecule has 2 atom stereocenters. The van der Waals surface area contributed by atoms with E-state index in [1.54, 1.807) is 21.8 Å². The maximum atomic E-state index is 16.1. The molecular formula is C36H35F3N6O4. The lowest BCUT2D eigenvalue weighted by molar-refractivity contribution is -0.129. The third-order valence-corrected chi connectivity index (χ3v) is 9.53. The smallest absolute Gasteiger partial charge is 0.246 e. The molecule has 49 heavy (non-hydrogen) atoms. The summed E-state index contributed by atoms with van der Waals surface area (Å²) in [6.45, 7) is 9.32. The van der Waals surface area contributed by atoms with E-state index in [1.165, 1.54) is 13.2 Å². The standard InChI is InChI=1S/C36H35F3N6O4/c1-6-30(46)44-9-10-45-28(20(44)3)16-27(42-45)35-33(31-24(38)14-22(37)15-29(31)48-12-11-47-5)32-25(39)18-49-36(32)34(41-35)21-13-23-19(2)43(4)8-7-26(23)40-17-21/h6,13-20H,1,7-12H2,2-5H3/t19-,20-/m1/s1. The summed E-state index contributed by atoms with van der Waals surface area (Å²) < 4.78 is 65.4. The number of benzene rings is 1. The Hall–Kier alpha value is -5.01. The summed E-state index contributed by atoms with van der Waals surface area (Å²) in [4.78, 5) is 26.3. The third-order valence-electron chi connectivity index (χ3n) is 9.53. The topological polar surface area (TPSA) is 98.8 Å². The van der Waals surface area contributed by atoms with Crippen molar-refractivity contribution in [2.24, 2.45) is 0 Å². The number of nitrogens with zero attached hydrogens (tertiary/aromatic N) is 6. The van der Waals surface area contributed by atoms with Crippen molar-refractivity contribution in [3.05, 3.63) is 83.8 Å². The molecule has 0 unspecified atom stereocenters. The van der Waals surface area contributed by atoms with Crippen LogP contribution in [-0.2, 0) is 22.5 Å². The first-order valence-electron chi connectivity index (χ1n) is 16.0. The van der Waals surface area contributed by atoms with Crippen LogP contribution in [0.15, 0.2) is 53.8 Å². The Morgan fingerprint density at radius 2 is 1.86 bits per heavy atom. The zero-order valence-corrected chi connectivity index (χ0v) is 27.6. The van der Waals surface area contributed by atoms with Gasteiger partial charge in [-0.2, -0.15) is 5.10 Å². The van der Waals surface area contributed by atoms with Gasteiger partial charge in [-0.3, -0.25) is 19.4 Å². The Morgan fingerprint density at radius 1 is 1.04 bits per heavy atom. The molecule has 4 aromatic heterocycles. The van der Waals surface area contributed by atoms with Crippen LogP contribution in [0.4, 0.5) is 13.2 Å². The van der Waals surface area contributed by atoms with E-state index in [2.05, 4.69) is 18.4 Å². The number of aromatic nitrogens is 4. The number of rotatable bonds is 8. The second kappa shape index (κ2) is 12.8. The van der Waals surface area contributed by atoms with Crippen molar-refractivity contribution in [2.45, 2.75) is 38.9 Å². The van der Waals surface area contributed by atoms with E-state index in [0.29, 0.717) is 36.1 Å². The van der Waals surface area contributed by atoms with Crippen LogP contribution < -0.4 is 4.74 Å². The number of carbonyl (C=O) groups is 1. The minimum atomic E-state index is -0.988. The zero-order chi connectivity index (χ0) is 34.6. The third kappa shape index (κ3) is 5.56. The molecule has 2 aliphatic rings. The Kier molecular flexibility index (Phi) is 8.49. The molecule has 0 aliphatic carbocycles. The van der Waals surface area contributed by atoms with E-state index in [-0.39, 0.29) is 70.4 Å². The fourth-order valence-electron chi connectivity index (χ4n) is 6.81. The normalized spacial score (nSPS) is 17.7. The quantitative estimate of drug-likeness (QED) is 0.136. The highest BCUT2D eigenvalue weighted by Gasteiger charge is 2.33. The van der Waals surface area contributed by atoms with Gasteiger partial charge in [-0.05, 0) is 44.7 Å². The number of halogens is 3. The van der Waals surface area contributed by atoms with Gasteiger partial charge in [-0.1, -0.05) is 6.58 Å². The molecule has 0 bridgehead atoms. The Morgan fingerprint density at radius 3 is 2.63 bits per heavy atom. The average Bonchev–Trinajstić information content (AvgIpc) is 3.70. The molecule has 6 heterocycles. The largest absolute Gasteiger partial charge is 0.490 e. The van der Waals surface area contributed by atoms with Crippen LogP contribution >= 0.6 is 0 Å². The molecule has 0 saturated carbocycles. The van der Waals surface area contributed by atoms with Gasteiger partial charge in [0, 0.05) is 67.8 Å². The number of ether oxygens (including phenoxy) is 2. The number of furan rings is 1. The lowest BCUT2D eigenvalue weighted by atomic mass is 9.93. The SMILES string of the molecule is C=CC(=O)N1CCn2nc(-c3nc(-c4cnc5c(c4)[C@@H](C)N(C)CC5)c4occ(F)c4c3-c3c(F)cc(F)cc3OCCOC)cc2[C@H]1C. The molecule has 0 saturated heterocycles. The summed E-state index contributed by atoms with van der Waals surface area (Å²) in [7, 11) is 3.52. The number of methoxy groups -OCH3 is 1. The summed E-state index contributed by atoms with van der Waals surface area (Å²) in [6.07, 6.45) is 4.66. The van der Waals surface area contributed by atoms with E-state index < -0.39 is 17.5 Å². The molecule has 0 N–H and O–H groups in total.